The van der Waals surface area contributed by atoms with E-state index in [1.54, 1.807) is 11.2 Å². The largest absolute Gasteiger partial charge is 0.487 e. The number of fused-ring (bicyclic) bond motifs is 1. The van der Waals surface area contributed by atoms with Gasteiger partial charge in [-0.25, -0.2) is 8.42 Å². The van der Waals surface area contributed by atoms with Gasteiger partial charge in [0.1, 0.15) is 11.4 Å². The minimum atomic E-state index is -3.27. The van der Waals surface area contributed by atoms with E-state index in [0.717, 1.165) is 33.3 Å². The van der Waals surface area contributed by atoms with Crippen LogP contribution < -0.4 is 4.74 Å². The van der Waals surface area contributed by atoms with E-state index in [0.29, 0.717) is 13.0 Å². The first-order chi connectivity index (χ1) is 11.1. The molecule has 24 heavy (non-hydrogen) atoms. The molecule has 6 heteroatoms. The van der Waals surface area contributed by atoms with Crippen LogP contribution in [0.15, 0.2) is 12.1 Å². The van der Waals surface area contributed by atoms with Gasteiger partial charge in [0.05, 0.1) is 11.8 Å². The number of halogens is 1. The highest BCUT2D eigenvalue weighted by Gasteiger charge is 2.40. The molecule has 4 nitrogen and oxygen atoms in total. The summed E-state index contributed by atoms with van der Waals surface area (Å²) in [4.78, 5) is 0. The second-order valence-corrected chi connectivity index (χ2v) is 10.5. The first-order valence-electron chi connectivity index (χ1n) is 8.60. The molecule has 0 spiro atoms. The first kappa shape index (κ1) is 20.0. The van der Waals surface area contributed by atoms with Crippen LogP contribution in [0.5, 0.6) is 5.75 Å². The van der Waals surface area contributed by atoms with Gasteiger partial charge in [-0.2, -0.15) is 4.31 Å². The highest BCUT2D eigenvalue weighted by molar-refractivity contribution is 14.1. The van der Waals surface area contributed by atoms with Gasteiger partial charge in [-0.3, -0.25) is 0 Å². The molecule has 0 fully saturated rings. The Kier molecular flexibility index (Phi) is 6.24. The number of ether oxygens (including phenoxy) is 1. The lowest BCUT2D eigenvalue weighted by molar-refractivity contribution is 0.0500. The minimum Gasteiger partial charge on any atom is -0.487 e. The standard InChI is InChI=1S/C18H28INO3S/c1-6-8-9-20(24(21,22)7-2)16-12-18(4,5)23-17-10-13(3)15(19)11-14(16)17/h10-11,16H,6-9,12H2,1-5H3. The monoisotopic (exact) mass is 465 g/mol. The summed E-state index contributed by atoms with van der Waals surface area (Å²) >= 11 is 2.31. The van der Waals surface area contributed by atoms with Crippen LogP contribution in [-0.2, 0) is 10.0 Å². The molecule has 0 aliphatic carbocycles. The molecule has 2 rings (SSSR count). The van der Waals surface area contributed by atoms with Crippen LogP contribution >= 0.6 is 22.6 Å². The zero-order chi connectivity index (χ0) is 18.1. The maximum Gasteiger partial charge on any atom is 0.214 e. The van der Waals surface area contributed by atoms with E-state index >= 15 is 0 Å². The van der Waals surface area contributed by atoms with Gasteiger partial charge in [0.2, 0.25) is 10.0 Å². The third-order valence-electron chi connectivity index (χ3n) is 4.52. The Balaban J connectivity index is 2.56. The molecule has 1 atom stereocenters. The number of hydrogen-bond donors (Lipinski definition) is 0. The van der Waals surface area contributed by atoms with Gasteiger partial charge in [0.25, 0.3) is 0 Å². The quantitative estimate of drug-likeness (QED) is 0.575. The number of benzene rings is 1. The Morgan fingerprint density at radius 1 is 1.33 bits per heavy atom. The van der Waals surface area contributed by atoms with Crippen LogP contribution in [-0.4, -0.2) is 30.6 Å². The number of unbranched alkanes of at least 4 members (excludes halogenated alkanes) is 1. The number of sulfonamides is 1. The van der Waals surface area contributed by atoms with Crippen molar-refractivity contribution in [1.29, 1.82) is 0 Å². The summed E-state index contributed by atoms with van der Waals surface area (Å²) in [6, 6.07) is 3.98. The van der Waals surface area contributed by atoms with Gasteiger partial charge < -0.3 is 4.74 Å². The average Bonchev–Trinajstić information content (AvgIpc) is 2.48. The molecule has 0 amide bonds. The molecule has 1 aromatic carbocycles. The summed E-state index contributed by atoms with van der Waals surface area (Å²) in [7, 11) is -3.27. The number of rotatable bonds is 6. The summed E-state index contributed by atoms with van der Waals surface area (Å²) in [5.41, 5.74) is 1.77. The van der Waals surface area contributed by atoms with E-state index in [4.69, 9.17) is 4.74 Å². The number of aryl methyl sites for hydroxylation is 1. The molecule has 1 heterocycles. The topological polar surface area (TPSA) is 46.6 Å². The normalized spacial score (nSPS) is 19.9. The smallest absolute Gasteiger partial charge is 0.214 e. The fourth-order valence-electron chi connectivity index (χ4n) is 3.16. The van der Waals surface area contributed by atoms with E-state index in [2.05, 4.69) is 42.5 Å². The molecule has 1 aliphatic rings. The van der Waals surface area contributed by atoms with Crippen molar-refractivity contribution in [2.75, 3.05) is 12.3 Å². The Labute approximate surface area is 160 Å². The van der Waals surface area contributed by atoms with E-state index in [1.807, 2.05) is 19.9 Å². The Morgan fingerprint density at radius 3 is 2.58 bits per heavy atom. The molecule has 0 saturated carbocycles. The lowest BCUT2D eigenvalue weighted by atomic mass is 9.89. The van der Waals surface area contributed by atoms with Gasteiger partial charge in [-0.15, -0.1) is 0 Å². The predicted molar refractivity (Wildman–Crippen MR) is 107 cm³/mol. The third-order valence-corrected chi connectivity index (χ3v) is 7.57. The Hall–Kier alpha value is -0.340. The van der Waals surface area contributed by atoms with Crippen LogP contribution in [0.1, 0.15) is 64.1 Å². The van der Waals surface area contributed by atoms with Gasteiger partial charge in [0.15, 0.2) is 0 Å². The van der Waals surface area contributed by atoms with E-state index in [-0.39, 0.29) is 17.4 Å². The highest BCUT2D eigenvalue weighted by atomic mass is 127. The van der Waals surface area contributed by atoms with Crippen molar-refractivity contribution in [2.45, 2.75) is 65.5 Å². The minimum absolute atomic E-state index is 0.132. The van der Waals surface area contributed by atoms with Crippen molar-refractivity contribution in [3.8, 4) is 5.75 Å². The molecule has 1 unspecified atom stereocenters. The Morgan fingerprint density at radius 2 is 2.00 bits per heavy atom. The molecule has 0 radical (unpaired) electrons. The molecule has 1 aliphatic heterocycles. The lowest BCUT2D eigenvalue weighted by Gasteiger charge is -2.42. The number of nitrogens with zero attached hydrogens (tertiary/aromatic N) is 1. The second-order valence-electron chi connectivity index (χ2n) is 7.09. The van der Waals surface area contributed by atoms with E-state index in [9.17, 15) is 8.42 Å². The van der Waals surface area contributed by atoms with Crippen LogP contribution in [0, 0.1) is 10.5 Å². The first-order valence-corrected chi connectivity index (χ1v) is 11.3. The van der Waals surface area contributed by atoms with Crippen molar-refractivity contribution in [3.63, 3.8) is 0 Å². The Bertz CT molecular complexity index is 700. The third kappa shape index (κ3) is 4.25. The molecule has 0 aromatic heterocycles. The van der Waals surface area contributed by atoms with E-state index < -0.39 is 10.0 Å². The lowest BCUT2D eigenvalue weighted by Crippen LogP contribution is -2.44. The van der Waals surface area contributed by atoms with Gasteiger partial charge in [-0.1, -0.05) is 13.3 Å². The summed E-state index contributed by atoms with van der Waals surface area (Å²) in [6.45, 7) is 10.5. The van der Waals surface area contributed by atoms with Crippen molar-refractivity contribution in [2.24, 2.45) is 0 Å². The van der Waals surface area contributed by atoms with Crippen LogP contribution in [0.2, 0.25) is 0 Å². The summed E-state index contributed by atoms with van der Waals surface area (Å²) in [5.74, 6) is 0.953. The van der Waals surface area contributed by atoms with Gasteiger partial charge in [-0.05, 0) is 74.4 Å². The zero-order valence-corrected chi connectivity index (χ0v) is 18.2. The number of hydrogen-bond acceptors (Lipinski definition) is 3. The molecule has 0 bridgehead atoms. The zero-order valence-electron chi connectivity index (χ0n) is 15.2. The summed E-state index contributed by atoms with van der Waals surface area (Å²) in [6.07, 6.45) is 2.51. The predicted octanol–water partition coefficient (Wildman–Crippen LogP) is 4.65. The van der Waals surface area contributed by atoms with Gasteiger partial charge >= 0.3 is 0 Å². The van der Waals surface area contributed by atoms with Crippen LogP contribution in [0.25, 0.3) is 0 Å². The highest BCUT2D eigenvalue weighted by Crippen LogP contribution is 2.44. The summed E-state index contributed by atoms with van der Waals surface area (Å²) < 4.78 is 34.5. The van der Waals surface area contributed by atoms with Crippen molar-refractivity contribution >= 4 is 32.6 Å². The van der Waals surface area contributed by atoms with Gasteiger partial charge in [0, 0.05) is 22.1 Å². The molecule has 0 N–H and O–H groups in total. The fourth-order valence-corrected chi connectivity index (χ4v) is 4.97. The molecule has 0 saturated heterocycles. The molecular formula is C18H28INO3S. The van der Waals surface area contributed by atoms with Crippen molar-refractivity contribution < 1.29 is 13.2 Å². The maximum absolute atomic E-state index is 12.8. The SMILES string of the molecule is CCCCN(C1CC(C)(C)Oc2cc(C)c(I)cc21)S(=O)(=O)CC. The van der Waals surface area contributed by atoms with E-state index in [1.165, 1.54) is 0 Å². The van der Waals surface area contributed by atoms with Crippen LogP contribution in [0.4, 0.5) is 0 Å². The average molecular weight is 465 g/mol. The molecular weight excluding hydrogens is 437 g/mol. The van der Waals surface area contributed by atoms with Crippen molar-refractivity contribution in [1.82, 2.24) is 4.31 Å². The van der Waals surface area contributed by atoms with Crippen LogP contribution in [0.3, 0.4) is 0 Å². The maximum atomic E-state index is 12.8. The molecule has 1 aromatic rings. The summed E-state index contributed by atoms with van der Waals surface area (Å²) in [5, 5.41) is 0. The fraction of sp³-hybridized carbons (Fsp3) is 0.667. The molecule has 136 valence electrons. The van der Waals surface area contributed by atoms with Crippen molar-refractivity contribution in [3.05, 3.63) is 26.8 Å². The second kappa shape index (κ2) is 7.50.